The smallest absolute Gasteiger partial charge is 0.225 e. The van der Waals surface area contributed by atoms with Crippen molar-refractivity contribution in [3.8, 4) is 0 Å². The molecule has 2 fully saturated rings. The number of carbonyl (C=O) groups excluding carboxylic acids is 1. The molecule has 1 saturated heterocycles. The zero-order chi connectivity index (χ0) is 16.5. The van der Waals surface area contributed by atoms with E-state index in [0.29, 0.717) is 17.9 Å². The molecule has 2 aliphatic rings. The summed E-state index contributed by atoms with van der Waals surface area (Å²) in [5.41, 5.74) is 1.87. The van der Waals surface area contributed by atoms with E-state index in [-0.39, 0.29) is 0 Å². The Labute approximate surface area is 142 Å². The first-order valence-electron chi connectivity index (χ1n) is 8.96. The number of aromatic nitrogens is 2. The summed E-state index contributed by atoms with van der Waals surface area (Å²) in [6.45, 7) is 1.86. The maximum Gasteiger partial charge on any atom is 0.225 e. The van der Waals surface area contributed by atoms with Crippen molar-refractivity contribution in [3.05, 3.63) is 30.5 Å². The number of benzene rings is 1. The normalized spacial score (nSPS) is 19.3. The van der Waals surface area contributed by atoms with Gasteiger partial charge in [0.1, 0.15) is 5.82 Å². The van der Waals surface area contributed by atoms with E-state index in [1.807, 2.05) is 42.4 Å². The lowest BCUT2D eigenvalue weighted by molar-refractivity contribution is -0.139. The number of hydrogen-bond acceptors (Lipinski definition) is 4. The third-order valence-corrected chi connectivity index (χ3v) is 5.57. The average Bonchev–Trinajstić information content (AvgIpc) is 2.59. The first kappa shape index (κ1) is 15.4. The van der Waals surface area contributed by atoms with Gasteiger partial charge in [0, 0.05) is 32.1 Å². The van der Waals surface area contributed by atoms with E-state index >= 15 is 0 Å². The summed E-state index contributed by atoms with van der Waals surface area (Å²) < 4.78 is 0. The molecule has 1 saturated carbocycles. The van der Waals surface area contributed by atoms with Crippen LogP contribution in [0.2, 0.25) is 0 Å². The molecule has 5 nitrogen and oxygen atoms in total. The molecule has 2 aromatic rings. The molecule has 1 aliphatic carbocycles. The van der Waals surface area contributed by atoms with Gasteiger partial charge in [-0.25, -0.2) is 4.98 Å². The molecule has 126 valence electrons. The zero-order valence-corrected chi connectivity index (χ0v) is 14.2. The topological polar surface area (TPSA) is 49.3 Å². The quantitative estimate of drug-likeness (QED) is 0.871. The van der Waals surface area contributed by atoms with E-state index in [1.54, 1.807) is 0 Å². The van der Waals surface area contributed by atoms with Crippen molar-refractivity contribution in [2.24, 2.45) is 5.92 Å². The highest BCUT2D eigenvalue weighted by molar-refractivity contribution is 5.79. The Bertz CT molecular complexity index is 735. The van der Waals surface area contributed by atoms with Crippen LogP contribution in [0, 0.1) is 5.92 Å². The highest BCUT2D eigenvalue weighted by Gasteiger charge is 2.32. The van der Waals surface area contributed by atoms with Crippen LogP contribution in [0.25, 0.3) is 11.0 Å². The van der Waals surface area contributed by atoms with Gasteiger partial charge in [0.25, 0.3) is 0 Å². The molecule has 5 heteroatoms. The van der Waals surface area contributed by atoms with E-state index in [2.05, 4.69) is 9.88 Å². The van der Waals surface area contributed by atoms with Crippen molar-refractivity contribution in [2.45, 2.75) is 38.1 Å². The van der Waals surface area contributed by atoms with Crippen molar-refractivity contribution in [2.75, 3.05) is 25.0 Å². The van der Waals surface area contributed by atoms with E-state index in [4.69, 9.17) is 4.98 Å². The number of amides is 1. The molecule has 24 heavy (non-hydrogen) atoms. The molecular formula is C19H24N4O. The van der Waals surface area contributed by atoms with Crippen LogP contribution in [0.1, 0.15) is 32.1 Å². The van der Waals surface area contributed by atoms with Gasteiger partial charge < -0.3 is 9.80 Å². The van der Waals surface area contributed by atoms with Crippen molar-refractivity contribution in [1.29, 1.82) is 0 Å². The number of nitrogens with zero attached hydrogens (tertiary/aromatic N) is 4. The second-order valence-corrected chi connectivity index (χ2v) is 7.01. The number of carbonyl (C=O) groups is 1. The number of piperidine rings is 1. The molecule has 1 aliphatic heterocycles. The summed E-state index contributed by atoms with van der Waals surface area (Å²) in [6.07, 6.45) is 7.24. The summed E-state index contributed by atoms with van der Waals surface area (Å²) in [6, 6.07) is 8.33. The predicted molar refractivity (Wildman–Crippen MR) is 94.9 cm³/mol. The summed E-state index contributed by atoms with van der Waals surface area (Å²) in [4.78, 5) is 26.0. The Balaban J connectivity index is 1.40. The van der Waals surface area contributed by atoms with Crippen LogP contribution in [-0.2, 0) is 4.79 Å². The molecule has 0 unspecified atom stereocenters. The van der Waals surface area contributed by atoms with Crippen LogP contribution in [0.4, 0.5) is 5.82 Å². The van der Waals surface area contributed by atoms with Crippen molar-refractivity contribution in [3.63, 3.8) is 0 Å². The molecule has 2 heterocycles. The predicted octanol–water partition coefficient (Wildman–Crippen LogP) is 2.86. The lowest BCUT2D eigenvalue weighted by Crippen LogP contribution is -2.48. The van der Waals surface area contributed by atoms with E-state index in [0.717, 1.165) is 55.6 Å². The van der Waals surface area contributed by atoms with Gasteiger partial charge in [0.05, 0.1) is 17.2 Å². The van der Waals surface area contributed by atoms with Crippen LogP contribution in [0.3, 0.4) is 0 Å². The molecule has 0 spiro atoms. The molecule has 0 radical (unpaired) electrons. The third-order valence-electron chi connectivity index (χ3n) is 5.57. The van der Waals surface area contributed by atoms with Gasteiger partial charge in [-0.1, -0.05) is 18.6 Å². The fourth-order valence-electron chi connectivity index (χ4n) is 3.71. The number of anilines is 1. The molecule has 1 amide bonds. The maximum absolute atomic E-state index is 12.4. The first-order valence-corrected chi connectivity index (χ1v) is 8.96. The Morgan fingerprint density at radius 3 is 2.50 bits per heavy atom. The van der Waals surface area contributed by atoms with E-state index in [1.165, 1.54) is 6.42 Å². The summed E-state index contributed by atoms with van der Waals surface area (Å²) in [5.74, 6) is 1.59. The minimum absolute atomic E-state index is 0.291. The summed E-state index contributed by atoms with van der Waals surface area (Å²) >= 11 is 0. The number of para-hydroxylation sites is 2. The van der Waals surface area contributed by atoms with Crippen molar-refractivity contribution in [1.82, 2.24) is 14.9 Å². The van der Waals surface area contributed by atoms with Crippen LogP contribution >= 0.6 is 0 Å². The Morgan fingerprint density at radius 1 is 1.12 bits per heavy atom. The standard InChI is InChI=1S/C19H24N4O/c1-22(19(24)14-5-4-6-14)15-9-11-23(12-10-15)18-13-20-16-7-2-3-8-17(16)21-18/h2-3,7-8,13-15H,4-6,9-12H2,1H3. The number of rotatable bonds is 3. The van der Waals surface area contributed by atoms with Gasteiger partial charge in [-0.05, 0) is 37.8 Å². The highest BCUT2D eigenvalue weighted by atomic mass is 16.2. The number of hydrogen-bond donors (Lipinski definition) is 0. The Morgan fingerprint density at radius 2 is 1.83 bits per heavy atom. The minimum Gasteiger partial charge on any atom is -0.355 e. The SMILES string of the molecule is CN(C(=O)C1CCC1)C1CCN(c2cnc3ccccc3n2)CC1. The fraction of sp³-hybridized carbons (Fsp3) is 0.526. The first-order chi connectivity index (χ1) is 11.7. The van der Waals surface area contributed by atoms with Gasteiger partial charge in [0.2, 0.25) is 5.91 Å². The van der Waals surface area contributed by atoms with Gasteiger partial charge in [-0.3, -0.25) is 9.78 Å². The molecule has 0 atom stereocenters. The molecule has 4 rings (SSSR count). The van der Waals surface area contributed by atoms with Crippen LogP contribution in [0.5, 0.6) is 0 Å². The second-order valence-electron chi connectivity index (χ2n) is 7.01. The fourth-order valence-corrected chi connectivity index (χ4v) is 3.71. The molecule has 1 aromatic carbocycles. The van der Waals surface area contributed by atoms with Gasteiger partial charge in [0.15, 0.2) is 0 Å². The van der Waals surface area contributed by atoms with Gasteiger partial charge >= 0.3 is 0 Å². The lowest BCUT2D eigenvalue weighted by Gasteiger charge is -2.39. The zero-order valence-electron chi connectivity index (χ0n) is 14.2. The third kappa shape index (κ3) is 2.83. The second kappa shape index (κ2) is 6.38. The minimum atomic E-state index is 0.291. The van der Waals surface area contributed by atoms with Crippen molar-refractivity contribution < 1.29 is 4.79 Å². The molecule has 1 aromatic heterocycles. The molecule has 0 N–H and O–H groups in total. The molecule has 0 bridgehead atoms. The van der Waals surface area contributed by atoms with Gasteiger partial charge in [-0.2, -0.15) is 0 Å². The van der Waals surface area contributed by atoms with Crippen LogP contribution < -0.4 is 4.90 Å². The Hall–Kier alpha value is -2.17. The van der Waals surface area contributed by atoms with E-state index in [9.17, 15) is 4.79 Å². The van der Waals surface area contributed by atoms with E-state index < -0.39 is 0 Å². The lowest BCUT2D eigenvalue weighted by atomic mass is 9.84. The maximum atomic E-state index is 12.4. The highest BCUT2D eigenvalue weighted by Crippen LogP contribution is 2.30. The summed E-state index contributed by atoms with van der Waals surface area (Å²) in [5, 5.41) is 0. The largest absolute Gasteiger partial charge is 0.355 e. The Kier molecular flexibility index (Phi) is 4.08. The van der Waals surface area contributed by atoms with Crippen LogP contribution in [-0.4, -0.2) is 47.0 Å². The number of fused-ring (bicyclic) bond motifs is 1. The van der Waals surface area contributed by atoms with Crippen molar-refractivity contribution >= 4 is 22.8 Å². The monoisotopic (exact) mass is 324 g/mol. The van der Waals surface area contributed by atoms with Crippen LogP contribution in [0.15, 0.2) is 30.5 Å². The molecular weight excluding hydrogens is 300 g/mol. The average molecular weight is 324 g/mol. The van der Waals surface area contributed by atoms with Gasteiger partial charge in [-0.15, -0.1) is 0 Å². The summed E-state index contributed by atoms with van der Waals surface area (Å²) in [7, 11) is 1.98.